The predicted octanol–water partition coefficient (Wildman–Crippen LogP) is 2.88. The highest BCUT2D eigenvalue weighted by atomic mass is 16.5. The molecule has 0 aromatic heterocycles. The second kappa shape index (κ2) is 6.28. The van der Waals surface area contributed by atoms with Crippen LogP contribution >= 0.6 is 0 Å². The van der Waals surface area contributed by atoms with Crippen molar-refractivity contribution in [3.8, 4) is 5.75 Å². The van der Waals surface area contributed by atoms with Crippen molar-refractivity contribution in [1.82, 2.24) is 0 Å². The molecular formula is C14H22N2O2. The molecular weight excluding hydrogens is 228 g/mol. The van der Waals surface area contributed by atoms with Crippen LogP contribution in [0, 0.1) is 12.8 Å². The molecule has 0 radical (unpaired) electrons. The molecule has 1 aromatic carbocycles. The van der Waals surface area contributed by atoms with Crippen LogP contribution in [-0.4, -0.2) is 17.6 Å². The minimum Gasteiger partial charge on any atom is -0.493 e. The van der Waals surface area contributed by atoms with E-state index in [1.165, 1.54) is 11.1 Å². The van der Waals surface area contributed by atoms with Gasteiger partial charge in [-0.05, 0) is 36.1 Å². The van der Waals surface area contributed by atoms with Crippen LogP contribution in [0.4, 0.5) is 0 Å². The van der Waals surface area contributed by atoms with Gasteiger partial charge in [0, 0.05) is 0 Å². The molecule has 1 unspecified atom stereocenters. The maximum absolute atomic E-state index is 8.55. The first-order chi connectivity index (χ1) is 8.45. The monoisotopic (exact) mass is 250 g/mol. The number of benzene rings is 1. The molecule has 0 aliphatic carbocycles. The molecule has 0 saturated heterocycles. The van der Waals surface area contributed by atoms with Crippen LogP contribution in [0.1, 0.15) is 37.8 Å². The first-order valence-corrected chi connectivity index (χ1v) is 6.16. The fourth-order valence-electron chi connectivity index (χ4n) is 1.79. The molecule has 0 bridgehead atoms. The summed E-state index contributed by atoms with van der Waals surface area (Å²) in [5.41, 5.74) is 8.04. The molecule has 0 saturated carbocycles. The molecule has 3 N–H and O–H groups in total. The number of ether oxygens (including phenoxy) is 1. The van der Waals surface area contributed by atoms with Crippen LogP contribution in [0.2, 0.25) is 0 Å². The van der Waals surface area contributed by atoms with Gasteiger partial charge in [0.15, 0.2) is 0 Å². The van der Waals surface area contributed by atoms with Crippen molar-refractivity contribution < 1.29 is 9.94 Å². The van der Waals surface area contributed by atoms with Gasteiger partial charge >= 0.3 is 0 Å². The number of hydrogen-bond donors (Lipinski definition) is 2. The van der Waals surface area contributed by atoms with E-state index >= 15 is 0 Å². The maximum atomic E-state index is 8.55. The van der Waals surface area contributed by atoms with Crippen molar-refractivity contribution in [2.24, 2.45) is 16.8 Å². The average Bonchev–Trinajstić information content (AvgIpc) is 2.34. The van der Waals surface area contributed by atoms with Gasteiger partial charge in [-0.3, -0.25) is 0 Å². The largest absolute Gasteiger partial charge is 0.493 e. The number of hydrogen-bond acceptors (Lipinski definition) is 3. The van der Waals surface area contributed by atoms with Crippen molar-refractivity contribution in [2.45, 2.75) is 33.6 Å². The Hall–Kier alpha value is -1.71. The highest BCUT2D eigenvalue weighted by molar-refractivity contribution is 5.81. The minimum atomic E-state index is -0.111. The van der Waals surface area contributed by atoms with Crippen LogP contribution in [0.15, 0.2) is 23.4 Å². The van der Waals surface area contributed by atoms with E-state index < -0.39 is 0 Å². The Labute approximate surface area is 108 Å². The molecule has 4 nitrogen and oxygen atoms in total. The molecule has 100 valence electrons. The maximum Gasteiger partial charge on any atom is 0.145 e. The zero-order chi connectivity index (χ0) is 13.7. The van der Waals surface area contributed by atoms with E-state index in [-0.39, 0.29) is 11.8 Å². The van der Waals surface area contributed by atoms with Gasteiger partial charge in [0.05, 0.1) is 12.5 Å². The summed E-state index contributed by atoms with van der Waals surface area (Å²) in [6.07, 6.45) is 0. The SMILES string of the molecule is Cc1cc(OCC(C)/C(N)=N/O)ccc1C(C)C. The summed E-state index contributed by atoms with van der Waals surface area (Å²) in [5.74, 6) is 1.40. The fraction of sp³-hybridized carbons (Fsp3) is 0.500. The molecule has 4 heteroatoms. The highest BCUT2D eigenvalue weighted by Gasteiger charge is 2.09. The summed E-state index contributed by atoms with van der Waals surface area (Å²) in [5, 5.41) is 11.5. The van der Waals surface area contributed by atoms with Gasteiger partial charge in [0.25, 0.3) is 0 Å². The molecule has 0 aliphatic heterocycles. The van der Waals surface area contributed by atoms with Crippen molar-refractivity contribution in [2.75, 3.05) is 6.61 Å². The summed E-state index contributed by atoms with van der Waals surface area (Å²) in [4.78, 5) is 0. The van der Waals surface area contributed by atoms with Crippen molar-refractivity contribution in [3.05, 3.63) is 29.3 Å². The Morgan fingerprint density at radius 1 is 1.39 bits per heavy atom. The van der Waals surface area contributed by atoms with Crippen molar-refractivity contribution in [3.63, 3.8) is 0 Å². The minimum absolute atomic E-state index is 0.111. The highest BCUT2D eigenvalue weighted by Crippen LogP contribution is 2.23. The first kappa shape index (κ1) is 14.4. The summed E-state index contributed by atoms with van der Waals surface area (Å²) in [7, 11) is 0. The summed E-state index contributed by atoms with van der Waals surface area (Å²) in [6, 6.07) is 6.07. The Morgan fingerprint density at radius 3 is 2.56 bits per heavy atom. The lowest BCUT2D eigenvalue weighted by atomic mass is 9.98. The normalized spacial score (nSPS) is 13.7. The number of aryl methyl sites for hydroxylation is 1. The second-order valence-corrected chi connectivity index (χ2v) is 4.91. The number of amidine groups is 1. The molecule has 0 amide bonds. The van der Waals surface area contributed by atoms with E-state index in [4.69, 9.17) is 15.7 Å². The molecule has 0 aliphatic rings. The summed E-state index contributed by atoms with van der Waals surface area (Å²) in [6.45, 7) is 8.67. The third-order valence-corrected chi connectivity index (χ3v) is 2.98. The van der Waals surface area contributed by atoms with Crippen LogP contribution in [0.25, 0.3) is 0 Å². The zero-order valence-corrected chi connectivity index (χ0v) is 11.5. The molecule has 0 heterocycles. The van der Waals surface area contributed by atoms with E-state index in [2.05, 4.69) is 32.0 Å². The topological polar surface area (TPSA) is 67.8 Å². The van der Waals surface area contributed by atoms with Gasteiger partial charge in [-0.15, -0.1) is 0 Å². The number of rotatable bonds is 5. The third kappa shape index (κ3) is 3.65. The number of nitrogens with two attached hydrogens (primary N) is 1. The smallest absolute Gasteiger partial charge is 0.145 e. The third-order valence-electron chi connectivity index (χ3n) is 2.98. The van der Waals surface area contributed by atoms with Gasteiger partial charge in [0.1, 0.15) is 11.6 Å². The molecule has 1 aromatic rings. The standard InChI is InChI=1S/C14H22N2O2/c1-9(2)13-6-5-12(7-10(13)3)18-8-11(4)14(15)16-17/h5-7,9,11,17H,8H2,1-4H3,(H2,15,16). The van der Waals surface area contributed by atoms with E-state index in [9.17, 15) is 0 Å². The quantitative estimate of drug-likeness (QED) is 0.365. The molecule has 1 rings (SSSR count). The molecule has 0 fully saturated rings. The second-order valence-electron chi connectivity index (χ2n) is 4.91. The summed E-state index contributed by atoms with van der Waals surface area (Å²) < 4.78 is 5.63. The van der Waals surface area contributed by atoms with Gasteiger partial charge in [0.2, 0.25) is 0 Å². The van der Waals surface area contributed by atoms with Crippen LogP contribution in [0.5, 0.6) is 5.75 Å². The fourth-order valence-corrected chi connectivity index (χ4v) is 1.79. The lowest BCUT2D eigenvalue weighted by molar-refractivity contribution is 0.279. The van der Waals surface area contributed by atoms with Gasteiger partial charge in [-0.2, -0.15) is 0 Å². The lowest BCUT2D eigenvalue weighted by Crippen LogP contribution is -2.26. The van der Waals surface area contributed by atoms with E-state index in [1.807, 2.05) is 19.1 Å². The van der Waals surface area contributed by atoms with Crippen molar-refractivity contribution >= 4 is 5.84 Å². The zero-order valence-electron chi connectivity index (χ0n) is 11.5. The average molecular weight is 250 g/mol. The Bertz CT molecular complexity index is 428. The lowest BCUT2D eigenvalue weighted by Gasteiger charge is -2.14. The Balaban J connectivity index is 2.67. The van der Waals surface area contributed by atoms with Crippen LogP contribution in [0.3, 0.4) is 0 Å². The number of nitrogens with zero attached hydrogens (tertiary/aromatic N) is 1. The van der Waals surface area contributed by atoms with E-state index in [1.54, 1.807) is 0 Å². The molecule has 0 spiro atoms. The van der Waals surface area contributed by atoms with Crippen LogP contribution < -0.4 is 10.5 Å². The summed E-state index contributed by atoms with van der Waals surface area (Å²) >= 11 is 0. The Morgan fingerprint density at radius 2 is 2.06 bits per heavy atom. The predicted molar refractivity (Wildman–Crippen MR) is 73.3 cm³/mol. The van der Waals surface area contributed by atoms with Gasteiger partial charge < -0.3 is 15.7 Å². The number of oxime groups is 1. The van der Waals surface area contributed by atoms with E-state index in [0.717, 1.165) is 5.75 Å². The molecule has 1 atom stereocenters. The van der Waals surface area contributed by atoms with Crippen molar-refractivity contribution in [1.29, 1.82) is 0 Å². The van der Waals surface area contributed by atoms with Crippen LogP contribution in [-0.2, 0) is 0 Å². The van der Waals surface area contributed by atoms with E-state index in [0.29, 0.717) is 12.5 Å². The van der Waals surface area contributed by atoms with Gasteiger partial charge in [-0.1, -0.05) is 32.0 Å². The first-order valence-electron chi connectivity index (χ1n) is 6.16. The van der Waals surface area contributed by atoms with Gasteiger partial charge in [-0.25, -0.2) is 0 Å². The Kier molecular flexibility index (Phi) is 5.01. The molecule has 18 heavy (non-hydrogen) atoms.